The molecule has 3 aromatic rings. The number of carbonyl (C=O) groups is 1. The van der Waals surface area contributed by atoms with E-state index in [1.54, 1.807) is 30.1 Å². The summed E-state index contributed by atoms with van der Waals surface area (Å²) in [6.45, 7) is 0.209. The molecule has 1 saturated heterocycles. The lowest BCUT2D eigenvalue weighted by atomic mass is 9.73. The zero-order valence-electron chi connectivity index (χ0n) is 15.7. The van der Waals surface area contributed by atoms with Crippen molar-refractivity contribution in [1.82, 2.24) is 18.8 Å². The van der Waals surface area contributed by atoms with Gasteiger partial charge in [0.15, 0.2) is 5.03 Å². The molecule has 0 radical (unpaired) electrons. The van der Waals surface area contributed by atoms with Crippen LogP contribution in [0.25, 0.3) is 0 Å². The van der Waals surface area contributed by atoms with Crippen molar-refractivity contribution >= 4 is 21.6 Å². The van der Waals surface area contributed by atoms with Gasteiger partial charge < -0.3 is 9.88 Å². The molecule has 1 aromatic carbocycles. The van der Waals surface area contributed by atoms with Crippen molar-refractivity contribution in [2.75, 3.05) is 11.9 Å². The molecule has 4 heterocycles. The quantitative estimate of drug-likeness (QED) is 0.712. The zero-order valence-corrected chi connectivity index (χ0v) is 16.5. The third kappa shape index (κ3) is 2.47. The van der Waals surface area contributed by atoms with Gasteiger partial charge in [-0.3, -0.25) is 9.78 Å². The van der Waals surface area contributed by atoms with Gasteiger partial charge >= 0.3 is 0 Å². The molecule has 1 N–H and O–H groups in total. The molecule has 0 aliphatic carbocycles. The van der Waals surface area contributed by atoms with Gasteiger partial charge in [-0.05, 0) is 29.7 Å². The summed E-state index contributed by atoms with van der Waals surface area (Å²) in [5.41, 5.74) is 1.21. The smallest absolute Gasteiger partial charge is 0.262 e. The number of aromatic nitrogens is 3. The summed E-state index contributed by atoms with van der Waals surface area (Å²) in [7, 11) is -2.19. The van der Waals surface area contributed by atoms with E-state index in [0.717, 1.165) is 11.3 Å². The minimum absolute atomic E-state index is 0.0300. The molecular weight excluding hydrogens is 390 g/mol. The van der Waals surface area contributed by atoms with Crippen LogP contribution < -0.4 is 5.32 Å². The van der Waals surface area contributed by atoms with Crippen molar-refractivity contribution in [1.29, 1.82) is 0 Å². The van der Waals surface area contributed by atoms with Crippen LogP contribution in [0.3, 0.4) is 0 Å². The second-order valence-electron chi connectivity index (χ2n) is 7.40. The number of hydrogen-bond donors (Lipinski definition) is 1. The van der Waals surface area contributed by atoms with Crippen molar-refractivity contribution in [3.63, 3.8) is 0 Å². The van der Waals surface area contributed by atoms with Crippen LogP contribution in [-0.2, 0) is 27.3 Å². The fourth-order valence-electron chi connectivity index (χ4n) is 4.54. The normalized spacial score (nSPS) is 24.0. The summed E-state index contributed by atoms with van der Waals surface area (Å²) in [6, 6.07) is 10.3. The van der Waals surface area contributed by atoms with E-state index in [1.807, 2.05) is 30.3 Å². The molecule has 1 amide bonds. The Morgan fingerprint density at radius 1 is 1.21 bits per heavy atom. The maximum Gasteiger partial charge on any atom is 0.262 e. The van der Waals surface area contributed by atoms with Crippen molar-refractivity contribution in [3.05, 3.63) is 72.4 Å². The number of fused-ring (bicyclic) bond motifs is 2. The van der Waals surface area contributed by atoms with E-state index in [0.29, 0.717) is 12.0 Å². The molecule has 0 saturated carbocycles. The molecule has 9 heteroatoms. The van der Waals surface area contributed by atoms with Gasteiger partial charge in [0.1, 0.15) is 0 Å². The number of imidazole rings is 1. The summed E-state index contributed by atoms with van der Waals surface area (Å²) in [5, 5.41) is 2.92. The lowest BCUT2D eigenvalue weighted by Gasteiger charge is -2.33. The fourth-order valence-corrected chi connectivity index (χ4v) is 6.18. The first kappa shape index (κ1) is 18.0. The van der Waals surface area contributed by atoms with Gasteiger partial charge in [-0.2, -0.15) is 4.31 Å². The standard InChI is InChI=1S/C20H19N5O3S/c1-24-12-17(22-13-24)29(27,28)25-10-8-20(18(25)14-5-4-9-21-11-14)15-6-2-3-7-16(15)23-19(20)26/h2-7,9,11-13,18H,8,10H2,1H3,(H,23,26). The van der Waals surface area contributed by atoms with Gasteiger partial charge in [0.2, 0.25) is 5.91 Å². The predicted molar refractivity (Wildman–Crippen MR) is 105 cm³/mol. The van der Waals surface area contributed by atoms with Crippen molar-refractivity contribution in [3.8, 4) is 0 Å². The Morgan fingerprint density at radius 3 is 2.76 bits per heavy atom. The summed E-state index contributed by atoms with van der Waals surface area (Å²) >= 11 is 0. The number of pyridine rings is 1. The van der Waals surface area contributed by atoms with Crippen LogP contribution in [0.4, 0.5) is 5.69 Å². The van der Waals surface area contributed by atoms with Crippen LogP contribution in [0.1, 0.15) is 23.6 Å². The molecular formula is C20H19N5O3S. The van der Waals surface area contributed by atoms with Crippen LogP contribution in [0.5, 0.6) is 0 Å². The molecule has 8 nitrogen and oxygen atoms in total. The number of para-hydroxylation sites is 1. The number of anilines is 1. The molecule has 29 heavy (non-hydrogen) atoms. The van der Waals surface area contributed by atoms with Gasteiger partial charge in [0, 0.05) is 37.9 Å². The van der Waals surface area contributed by atoms with E-state index in [-0.39, 0.29) is 17.5 Å². The number of sulfonamides is 1. The van der Waals surface area contributed by atoms with E-state index < -0.39 is 21.5 Å². The van der Waals surface area contributed by atoms with Crippen LogP contribution in [0.2, 0.25) is 0 Å². The fraction of sp³-hybridized carbons (Fsp3) is 0.250. The Bertz CT molecular complexity index is 1210. The van der Waals surface area contributed by atoms with Crippen molar-refractivity contribution in [2.45, 2.75) is 22.9 Å². The Hall–Kier alpha value is -3.04. The largest absolute Gasteiger partial charge is 0.339 e. The van der Waals surface area contributed by atoms with E-state index >= 15 is 0 Å². The van der Waals surface area contributed by atoms with Crippen LogP contribution >= 0.6 is 0 Å². The molecule has 2 aromatic heterocycles. The number of amides is 1. The maximum absolute atomic E-state index is 13.5. The Labute approximate surface area is 168 Å². The highest BCUT2D eigenvalue weighted by Crippen LogP contribution is 2.55. The van der Waals surface area contributed by atoms with Gasteiger partial charge in [-0.15, -0.1) is 0 Å². The molecule has 2 aliphatic rings. The van der Waals surface area contributed by atoms with E-state index in [1.165, 1.54) is 16.8 Å². The van der Waals surface area contributed by atoms with Gasteiger partial charge in [-0.1, -0.05) is 24.3 Å². The van der Waals surface area contributed by atoms with E-state index in [9.17, 15) is 13.2 Å². The number of rotatable bonds is 3. The molecule has 2 unspecified atom stereocenters. The van der Waals surface area contributed by atoms with Gasteiger partial charge in [0.05, 0.1) is 17.8 Å². The summed E-state index contributed by atoms with van der Waals surface area (Å²) in [6.07, 6.45) is 6.57. The molecule has 2 atom stereocenters. The third-order valence-corrected chi connectivity index (χ3v) is 7.55. The monoisotopic (exact) mass is 409 g/mol. The van der Waals surface area contributed by atoms with Crippen molar-refractivity contribution in [2.24, 2.45) is 7.05 Å². The predicted octanol–water partition coefficient (Wildman–Crippen LogP) is 1.84. The first-order valence-electron chi connectivity index (χ1n) is 9.25. The SMILES string of the molecule is Cn1cnc(S(=O)(=O)N2CCC3(C(=O)Nc4ccccc43)C2c2cccnc2)c1. The molecule has 5 rings (SSSR count). The van der Waals surface area contributed by atoms with Gasteiger partial charge in [0.25, 0.3) is 10.0 Å². The molecule has 1 spiro atoms. The first-order chi connectivity index (χ1) is 13.9. The second kappa shape index (κ2) is 6.23. The van der Waals surface area contributed by atoms with Crippen molar-refractivity contribution < 1.29 is 13.2 Å². The number of hydrogen-bond acceptors (Lipinski definition) is 5. The van der Waals surface area contributed by atoms with Crippen LogP contribution in [-0.4, -0.2) is 39.7 Å². The summed E-state index contributed by atoms with van der Waals surface area (Å²) in [5.74, 6) is -0.189. The number of nitrogens with zero attached hydrogens (tertiary/aromatic N) is 4. The highest BCUT2D eigenvalue weighted by atomic mass is 32.2. The molecule has 148 valence electrons. The average molecular weight is 409 g/mol. The van der Waals surface area contributed by atoms with E-state index in [4.69, 9.17) is 0 Å². The lowest BCUT2D eigenvalue weighted by Crippen LogP contribution is -2.42. The number of aryl methyl sites for hydroxylation is 1. The Morgan fingerprint density at radius 2 is 2.03 bits per heavy atom. The maximum atomic E-state index is 13.5. The second-order valence-corrected chi connectivity index (χ2v) is 9.24. The van der Waals surface area contributed by atoms with Crippen LogP contribution in [0.15, 0.2) is 66.3 Å². The average Bonchev–Trinajstić information content (AvgIpc) is 3.41. The number of carbonyl (C=O) groups excluding carboxylic acids is 1. The van der Waals surface area contributed by atoms with Gasteiger partial charge in [-0.25, -0.2) is 13.4 Å². The third-order valence-electron chi connectivity index (χ3n) is 5.80. The minimum Gasteiger partial charge on any atom is -0.339 e. The number of nitrogens with one attached hydrogen (secondary N) is 1. The van der Waals surface area contributed by atoms with E-state index in [2.05, 4.69) is 15.3 Å². The highest BCUT2D eigenvalue weighted by molar-refractivity contribution is 7.89. The first-order valence-corrected chi connectivity index (χ1v) is 10.7. The summed E-state index contributed by atoms with van der Waals surface area (Å²) < 4.78 is 30.0. The molecule has 1 fully saturated rings. The van der Waals surface area contributed by atoms with Crippen LogP contribution in [0, 0.1) is 0 Å². The zero-order chi connectivity index (χ0) is 20.2. The Balaban J connectivity index is 1.72. The minimum atomic E-state index is -3.91. The molecule has 2 aliphatic heterocycles. The lowest BCUT2D eigenvalue weighted by molar-refractivity contribution is -0.121. The highest BCUT2D eigenvalue weighted by Gasteiger charge is 2.61. The molecule has 0 bridgehead atoms. The Kier molecular flexibility index (Phi) is 3.87. The topological polar surface area (TPSA) is 97.2 Å². The summed E-state index contributed by atoms with van der Waals surface area (Å²) in [4.78, 5) is 21.5. The number of benzene rings is 1.